The van der Waals surface area contributed by atoms with Crippen LogP contribution in [0, 0.1) is 5.92 Å². The normalized spacial score (nSPS) is 20.5. The van der Waals surface area contributed by atoms with Crippen molar-refractivity contribution in [3.05, 3.63) is 36.2 Å². The first-order valence-electron chi connectivity index (χ1n) is 13.0. The second-order valence-corrected chi connectivity index (χ2v) is 10.5. The largest absolute Gasteiger partial charge is 0.493 e. The molecule has 1 atom stereocenters. The zero-order chi connectivity index (χ0) is 25.5. The molecule has 37 heavy (non-hydrogen) atoms. The van der Waals surface area contributed by atoms with Gasteiger partial charge in [0.1, 0.15) is 24.6 Å². The lowest BCUT2D eigenvalue weighted by Crippen LogP contribution is -2.43. The van der Waals surface area contributed by atoms with Gasteiger partial charge in [-0.3, -0.25) is 4.90 Å². The Morgan fingerprint density at radius 2 is 1.92 bits per heavy atom. The predicted octanol–water partition coefficient (Wildman–Crippen LogP) is 2.81. The number of anilines is 2. The van der Waals surface area contributed by atoms with E-state index >= 15 is 0 Å². The number of nitrogens with one attached hydrogen (secondary N) is 1. The maximum atomic E-state index is 11.1. The van der Waals surface area contributed by atoms with Gasteiger partial charge in [0.05, 0.1) is 12.7 Å². The summed E-state index contributed by atoms with van der Waals surface area (Å²) >= 11 is 0. The number of hydrogen-bond donors (Lipinski definition) is 2. The molecule has 0 saturated carbocycles. The number of likely N-dealkylation sites (tertiary alicyclic amines) is 1. The molecule has 0 aliphatic carbocycles. The van der Waals surface area contributed by atoms with Gasteiger partial charge in [-0.2, -0.15) is 0 Å². The summed E-state index contributed by atoms with van der Waals surface area (Å²) < 4.78 is 11.6. The number of nitrogens with zero attached hydrogens (tertiary/aromatic N) is 5. The summed E-state index contributed by atoms with van der Waals surface area (Å²) in [5.74, 6) is 4.06. The molecule has 10 heteroatoms. The molecule has 9 nitrogen and oxygen atoms in total. The third kappa shape index (κ3) is 8.07. The minimum Gasteiger partial charge on any atom is -0.493 e. The molecule has 206 valence electrons. The van der Waals surface area contributed by atoms with Gasteiger partial charge in [0.2, 0.25) is 0 Å². The first-order valence-corrected chi connectivity index (χ1v) is 13.0. The maximum absolute atomic E-state index is 11.1. The molecule has 3 heterocycles. The van der Waals surface area contributed by atoms with Gasteiger partial charge in [-0.25, -0.2) is 9.97 Å². The Balaban J connectivity index is 0.00000380. The van der Waals surface area contributed by atoms with E-state index in [9.17, 15) is 5.11 Å². The topological polar surface area (TPSA) is 86.2 Å². The van der Waals surface area contributed by atoms with Crippen molar-refractivity contribution in [3.63, 3.8) is 0 Å². The first kappa shape index (κ1) is 29.2. The highest BCUT2D eigenvalue weighted by Crippen LogP contribution is 2.29. The molecule has 0 spiro atoms. The molecular weight excluding hydrogens is 492 g/mol. The Bertz CT molecular complexity index is 988. The third-order valence-electron chi connectivity index (χ3n) is 7.31. The van der Waals surface area contributed by atoms with E-state index in [1.54, 1.807) is 13.4 Å². The summed E-state index contributed by atoms with van der Waals surface area (Å²) in [4.78, 5) is 15.2. The van der Waals surface area contributed by atoms with Crippen LogP contribution in [0.4, 0.5) is 11.6 Å². The van der Waals surface area contributed by atoms with E-state index in [0.717, 1.165) is 60.8 Å². The van der Waals surface area contributed by atoms with Crippen LogP contribution < -0.4 is 24.6 Å². The van der Waals surface area contributed by atoms with E-state index in [0.29, 0.717) is 32.7 Å². The first-order chi connectivity index (χ1) is 17.3. The van der Waals surface area contributed by atoms with Crippen LogP contribution in [0.3, 0.4) is 0 Å². The van der Waals surface area contributed by atoms with Crippen molar-refractivity contribution in [2.24, 2.45) is 5.92 Å². The molecule has 2 N–H and O–H groups in total. The number of hydrogen-bond acceptors (Lipinski definition) is 9. The SMILES string of the molecule is COc1cc(CNCC2(O)CCN(c3cc(N(C)C)ncn3)C2)ccc1OCCN1CCC(C)CC1.Cl. The fourth-order valence-electron chi connectivity index (χ4n) is 4.90. The van der Waals surface area contributed by atoms with Crippen molar-refractivity contribution in [1.29, 1.82) is 0 Å². The molecule has 2 saturated heterocycles. The Hall–Kier alpha value is -2.33. The number of ether oxygens (including phenoxy) is 2. The molecule has 2 fully saturated rings. The lowest BCUT2D eigenvalue weighted by atomic mass is 9.99. The minimum atomic E-state index is -0.803. The van der Waals surface area contributed by atoms with Crippen LogP contribution in [0.15, 0.2) is 30.6 Å². The molecule has 2 aliphatic heterocycles. The van der Waals surface area contributed by atoms with Crippen LogP contribution in [-0.4, -0.2) is 92.7 Å². The number of piperidine rings is 1. The molecule has 2 aliphatic rings. The lowest BCUT2D eigenvalue weighted by Gasteiger charge is -2.30. The van der Waals surface area contributed by atoms with Crippen molar-refractivity contribution in [3.8, 4) is 11.5 Å². The maximum Gasteiger partial charge on any atom is 0.161 e. The van der Waals surface area contributed by atoms with Crippen LogP contribution in [0.5, 0.6) is 11.5 Å². The van der Waals surface area contributed by atoms with Gasteiger partial charge >= 0.3 is 0 Å². The Morgan fingerprint density at radius 1 is 1.14 bits per heavy atom. The second-order valence-electron chi connectivity index (χ2n) is 10.5. The van der Waals surface area contributed by atoms with Gasteiger partial charge in [-0.05, 0) is 56.0 Å². The van der Waals surface area contributed by atoms with Crippen LogP contribution >= 0.6 is 12.4 Å². The molecule has 2 aromatic rings. The number of β-amino-alcohol motifs (C(OH)–C–C–N with tert-alkyl or cyclic N) is 1. The number of methoxy groups -OCH3 is 1. The number of rotatable bonds is 11. The predicted molar refractivity (Wildman–Crippen MR) is 150 cm³/mol. The number of halogens is 1. The van der Waals surface area contributed by atoms with Gasteiger partial charge < -0.3 is 29.7 Å². The van der Waals surface area contributed by atoms with Crippen LogP contribution in [0.25, 0.3) is 0 Å². The van der Waals surface area contributed by atoms with Gasteiger partial charge in [0.15, 0.2) is 11.5 Å². The smallest absolute Gasteiger partial charge is 0.161 e. The van der Waals surface area contributed by atoms with Crippen molar-refractivity contribution in [2.75, 3.05) is 76.9 Å². The molecule has 4 rings (SSSR count). The average Bonchev–Trinajstić information content (AvgIpc) is 3.28. The monoisotopic (exact) mass is 534 g/mol. The quantitative estimate of drug-likeness (QED) is 0.452. The van der Waals surface area contributed by atoms with Crippen LogP contribution in [0.2, 0.25) is 0 Å². The van der Waals surface area contributed by atoms with Crippen LogP contribution in [-0.2, 0) is 6.54 Å². The number of benzene rings is 1. The van der Waals surface area contributed by atoms with Gasteiger partial charge in [0.25, 0.3) is 0 Å². The summed E-state index contributed by atoms with van der Waals surface area (Å²) in [5, 5.41) is 14.6. The summed E-state index contributed by atoms with van der Waals surface area (Å²) in [6.45, 7) is 8.70. The molecule has 0 amide bonds. The van der Waals surface area contributed by atoms with E-state index in [1.165, 1.54) is 12.8 Å². The molecule has 1 aromatic carbocycles. The molecule has 0 bridgehead atoms. The standard InChI is InChI=1S/C27H42N6O3.ClH/c1-21-7-10-32(11-8-21)13-14-36-23-6-5-22(15-24(23)35-4)17-28-18-27(34)9-12-33(19-27)26-16-25(31(2)3)29-20-30-26;/h5-6,15-16,20-21,28,34H,7-14,17-19H2,1-4H3;1H. The highest BCUT2D eigenvalue weighted by Gasteiger charge is 2.36. The minimum absolute atomic E-state index is 0. The highest BCUT2D eigenvalue weighted by atomic mass is 35.5. The summed E-state index contributed by atoms with van der Waals surface area (Å²) in [6.07, 6.45) is 4.81. The Morgan fingerprint density at radius 3 is 2.65 bits per heavy atom. The van der Waals surface area contributed by atoms with Crippen molar-refractivity contribution in [1.82, 2.24) is 20.2 Å². The van der Waals surface area contributed by atoms with E-state index in [4.69, 9.17) is 9.47 Å². The van der Waals surface area contributed by atoms with E-state index in [1.807, 2.05) is 37.2 Å². The summed E-state index contributed by atoms with van der Waals surface area (Å²) in [6, 6.07) is 8.02. The van der Waals surface area contributed by atoms with E-state index in [2.05, 4.69) is 38.1 Å². The van der Waals surface area contributed by atoms with Crippen molar-refractivity contribution >= 4 is 24.0 Å². The summed E-state index contributed by atoms with van der Waals surface area (Å²) in [7, 11) is 5.59. The van der Waals surface area contributed by atoms with E-state index < -0.39 is 5.60 Å². The molecule has 1 unspecified atom stereocenters. The molecule has 0 radical (unpaired) electrons. The lowest BCUT2D eigenvalue weighted by molar-refractivity contribution is 0.0626. The zero-order valence-electron chi connectivity index (χ0n) is 22.7. The fraction of sp³-hybridized carbons (Fsp3) is 0.630. The molecular formula is C27H43ClN6O3. The van der Waals surface area contributed by atoms with Crippen LogP contribution in [0.1, 0.15) is 31.7 Å². The third-order valence-corrected chi connectivity index (χ3v) is 7.31. The molecule has 1 aromatic heterocycles. The fourth-order valence-corrected chi connectivity index (χ4v) is 4.90. The van der Waals surface area contributed by atoms with Gasteiger partial charge in [-0.1, -0.05) is 13.0 Å². The van der Waals surface area contributed by atoms with Gasteiger partial charge in [-0.15, -0.1) is 12.4 Å². The highest BCUT2D eigenvalue weighted by molar-refractivity contribution is 5.85. The average molecular weight is 535 g/mol. The Labute approximate surface area is 227 Å². The zero-order valence-corrected chi connectivity index (χ0v) is 23.5. The second kappa shape index (κ2) is 13.5. The van der Waals surface area contributed by atoms with Crippen molar-refractivity contribution < 1.29 is 14.6 Å². The van der Waals surface area contributed by atoms with Crippen molar-refractivity contribution in [2.45, 2.75) is 38.3 Å². The van der Waals surface area contributed by atoms with Gasteiger partial charge in [0, 0.05) is 52.9 Å². The number of aliphatic hydroxyl groups is 1. The Kier molecular flexibility index (Phi) is 10.6. The number of aromatic nitrogens is 2. The van der Waals surface area contributed by atoms with E-state index in [-0.39, 0.29) is 12.4 Å². The summed E-state index contributed by atoms with van der Waals surface area (Å²) in [5.41, 5.74) is 0.289.